The third kappa shape index (κ3) is 10.4. The molecule has 2 amide bonds. The molecule has 0 spiro atoms. The third-order valence-corrected chi connectivity index (χ3v) is 8.69. The predicted octanol–water partition coefficient (Wildman–Crippen LogP) is 6.53. The van der Waals surface area contributed by atoms with E-state index in [-0.39, 0.29) is 0 Å². The maximum Gasteiger partial charge on any atom is 0.226 e. The number of nitrogens with zero attached hydrogens (tertiary/aromatic N) is 2. The zero-order valence-corrected chi connectivity index (χ0v) is 26.4. The van der Waals surface area contributed by atoms with E-state index >= 15 is 0 Å². The van der Waals surface area contributed by atoms with Gasteiger partial charge in [0.1, 0.15) is 0 Å². The maximum atomic E-state index is 12.6. The normalized spacial score (nSPS) is 32.0. The second-order valence-corrected chi connectivity index (χ2v) is 11.1. The summed E-state index contributed by atoms with van der Waals surface area (Å²) in [5, 5.41) is 3.45. The van der Waals surface area contributed by atoms with Crippen molar-refractivity contribution < 1.29 is 14.3 Å². The smallest absolute Gasteiger partial charge is 0.226 e. The lowest BCUT2D eigenvalue weighted by Gasteiger charge is -2.39. The van der Waals surface area contributed by atoms with Crippen LogP contribution in [0.5, 0.6) is 0 Å². The van der Waals surface area contributed by atoms with Crippen LogP contribution in [0, 0.1) is 23.7 Å². The van der Waals surface area contributed by atoms with E-state index in [0.717, 1.165) is 76.9 Å². The van der Waals surface area contributed by atoms with Gasteiger partial charge in [-0.25, -0.2) is 0 Å². The van der Waals surface area contributed by atoms with Gasteiger partial charge >= 0.3 is 0 Å². The van der Waals surface area contributed by atoms with Crippen molar-refractivity contribution in [2.24, 2.45) is 23.7 Å². The lowest BCUT2D eigenvalue weighted by Crippen LogP contribution is -2.55. The summed E-state index contributed by atoms with van der Waals surface area (Å²) in [6.07, 6.45) is 11.8. The van der Waals surface area contributed by atoms with Crippen LogP contribution in [0.3, 0.4) is 0 Å². The Morgan fingerprint density at radius 2 is 1.00 bits per heavy atom. The van der Waals surface area contributed by atoms with E-state index in [1.54, 1.807) is 0 Å². The van der Waals surface area contributed by atoms with Gasteiger partial charge < -0.3 is 19.9 Å². The molecular formula is C32H63N3O3. The molecule has 0 unspecified atom stereocenters. The minimum atomic E-state index is 0.305. The van der Waals surface area contributed by atoms with Crippen LogP contribution in [-0.2, 0) is 14.3 Å². The molecule has 2 saturated carbocycles. The molecule has 2 aliphatic carbocycles. The summed E-state index contributed by atoms with van der Waals surface area (Å²) in [5.74, 6) is 3.15. The third-order valence-electron chi connectivity index (χ3n) is 8.69. The number of amides is 2. The molecular weight excluding hydrogens is 474 g/mol. The number of hydrogen-bond donors (Lipinski definition) is 1. The van der Waals surface area contributed by atoms with Crippen molar-refractivity contribution in [2.45, 2.75) is 132 Å². The molecule has 0 aromatic heterocycles. The van der Waals surface area contributed by atoms with Gasteiger partial charge in [0.05, 0.1) is 13.2 Å². The molecule has 6 heteroatoms. The number of carbonyl (C=O) groups is 2. The fourth-order valence-electron chi connectivity index (χ4n) is 6.41. The topological polar surface area (TPSA) is 61.9 Å². The molecule has 3 heterocycles. The first-order valence-corrected chi connectivity index (χ1v) is 16.4. The standard InChI is InChI=1S/C14H24N2O.C12H21NO2.3C2H6/c1-10-2-4-11(5-3-10)14(17)16-12-6-7-13(16)9-15-8-12;1-10-2-4-11(5-3-10)12(14)13-6-8-15-9-7-13;3*1-2/h10-13,15H,2-9H2,1H3;10-11H,2-9H2,1H3;3*1-2H3/t10?,11?,12-,13+;;;;. The van der Waals surface area contributed by atoms with Crippen LogP contribution < -0.4 is 5.32 Å². The largest absolute Gasteiger partial charge is 0.378 e. The molecule has 224 valence electrons. The second kappa shape index (κ2) is 19.8. The van der Waals surface area contributed by atoms with Crippen LogP contribution in [0.2, 0.25) is 0 Å². The Hall–Kier alpha value is -1.14. The quantitative estimate of drug-likeness (QED) is 0.435. The van der Waals surface area contributed by atoms with E-state index in [4.69, 9.17) is 4.74 Å². The molecule has 1 N–H and O–H groups in total. The highest BCUT2D eigenvalue weighted by molar-refractivity contribution is 5.80. The summed E-state index contributed by atoms with van der Waals surface area (Å²) in [6.45, 7) is 21.7. The molecule has 0 aromatic carbocycles. The van der Waals surface area contributed by atoms with Gasteiger partial charge in [-0.1, -0.05) is 55.4 Å². The van der Waals surface area contributed by atoms with Gasteiger partial charge in [0.25, 0.3) is 0 Å². The van der Waals surface area contributed by atoms with Gasteiger partial charge in [0.2, 0.25) is 11.8 Å². The molecule has 0 radical (unpaired) electrons. The van der Waals surface area contributed by atoms with Crippen LogP contribution >= 0.6 is 0 Å². The number of carbonyl (C=O) groups excluding carboxylic acids is 2. The summed E-state index contributed by atoms with van der Waals surface area (Å²) >= 11 is 0. The van der Waals surface area contributed by atoms with Crippen LogP contribution in [0.1, 0.15) is 120 Å². The fraction of sp³-hybridized carbons (Fsp3) is 0.938. The highest BCUT2D eigenvalue weighted by atomic mass is 16.5. The number of ether oxygens (including phenoxy) is 1. The van der Waals surface area contributed by atoms with E-state index in [2.05, 4.69) is 24.1 Å². The minimum Gasteiger partial charge on any atom is -0.378 e. The molecule has 5 aliphatic rings. The van der Waals surface area contributed by atoms with Crippen molar-refractivity contribution in [3.63, 3.8) is 0 Å². The molecule has 3 aliphatic heterocycles. The number of nitrogens with one attached hydrogen (secondary N) is 1. The molecule has 5 fully saturated rings. The van der Waals surface area contributed by atoms with Gasteiger partial charge in [0, 0.05) is 50.1 Å². The summed E-state index contributed by atoms with van der Waals surface area (Å²) in [5.41, 5.74) is 0. The Balaban J connectivity index is 0.000000320. The molecule has 5 rings (SSSR count). The Morgan fingerprint density at radius 3 is 1.42 bits per heavy atom. The summed E-state index contributed by atoms with van der Waals surface area (Å²) < 4.78 is 5.26. The number of morpholine rings is 1. The highest BCUT2D eigenvalue weighted by Gasteiger charge is 2.42. The molecule has 2 bridgehead atoms. The predicted molar refractivity (Wildman–Crippen MR) is 160 cm³/mol. The SMILES string of the molecule is CC.CC.CC.CC1CCC(C(=O)N2CCOCC2)CC1.CC1CCC(C(=O)N2[C@@H]3CC[C@H]2CNC3)CC1. The summed E-state index contributed by atoms with van der Waals surface area (Å²) in [7, 11) is 0. The Kier molecular flexibility index (Phi) is 18.2. The van der Waals surface area contributed by atoms with E-state index in [1.165, 1.54) is 38.5 Å². The zero-order chi connectivity index (χ0) is 28.5. The number of hydrogen-bond acceptors (Lipinski definition) is 4. The van der Waals surface area contributed by atoms with Crippen molar-refractivity contribution in [3.05, 3.63) is 0 Å². The average molecular weight is 538 g/mol. The first kappa shape index (κ1) is 34.9. The Labute approximate surface area is 236 Å². The minimum absolute atomic E-state index is 0.305. The zero-order valence-electron chi connectivity index (χ0n) is 26.4. The molecule has 3 saturated heterocycles. The number of fused-ring (bicyclic) bond motifs is 2. The van der Waals surface area contributed by atoms with Gasteiger partial charge in [0.15, 0.2) is 0 Å². The molecule has 6 nitrogen and oxygen atoms in total. The van der Waals surface area contributed by atoms with E-state index in [9.17, 15) is 9.59 Å². The average Bonchev–Trinajstić information content (AvgIpc) is 3.24. The van der Waals surface area contributed by atoms with Crippen molar-refractivity contribution in [3.8, 4) is 0 Å². The Bertz CT molecular complexity index is 605. The number of rotatable bonds is 2. The number of piperazine rings is 1. The first-order valence-electron chi connectivity index (χ1n) is 16.4. The van der Waals surface area contributed by atoms with Crippen molar-refractivity contribution in [1.29, 1.82) is 0 Å². The lowest BCUT2D eigenvalue weighted by atomic mass is 9.82. The van der Waals surface area contributed by atoms with Crippen molar-refractivity contribution >= 4 is 11.8 Å². The monoisotopic (exact) mass is 537 g/mol. The van der Waals surface area contributed by atoms with Gasteiger partial charge in [-0.2, -0.15) is 0 Å². The van der Waals surface area contributed by atoms with Crippen LogP contribution in [-0.4, -0.2) is 73.1 Å². The van der Waals surface area contributed by atoms with Crippen LogP contribution in [0.4, 0.5) is 0 Å². The second-order valence-electron chi connectivity index (χ2n) is 11.1. The highest BCUT2D eigenvalue weighted by Crippen LogP contribution is 2.34. The van der Waals surface area contributed by atoms with E-state index < -0.39 is 0 Å². The molecule has 38 heavy (non-hydrogen) atoms. The lowest BCUT2D eigenvalue weighted by molar-refractivity contribution is -0.141. The maximum absolute atomic E-state index is 12.6. The molecule has 2 atom stereocenters. The summed E-state index contributed by atoms with van der Waals surface area (Å²) in [4.78, 5) is 29.0. The first-order chi connectivity index (χ1) is 18.5. The van der Waals surface area contributed by atoms with Crippen molar-refractivity contribution in [1.82, 2.24) is 15.1 Å². The van der Waals surface area contributed by atoms with Crippen molar-refractivity contribution in [2.75, 3.05) is 39.4 Å². The van der Waals surface area contributed by atoms with E-state index in [1.807, 2.05) is 46.4 Å². The molecule has 0 aromatic rings. The van der Waals surface area contributed by atoms with Gasteiger partial charge in [-0.15, -0.1) is 0 Å². The van der Waals surface area contributed by atoms with Gasteiger partial charge in [-0.05, 0) is 76.0 Å². The van der Waals surface area contributed by atoms with E-state index in [0.29, 0.717) is 35.7 Å². The Morgan fingerprint density at radius 1 is 0.605 bits per heavy atom. The van der Waals surface area contributed by atoms with Crippen LogP contribution in [0.15, 0.2) is 0 Å². The fourth-order valence-corrected chi connectivity index (χ4v) is 6.41. The van der Waals surface area contributed by atoms with Gasteiger partial charge in [-0.3, -0.25) is 9.59 Å². The van der Waals surface area contributed by atoms with Crippen LogP contribution in [0.25, 0.3) is 0 Å². The summed E-state index contributed by atoms with van der Waals surface area (Å²) in [6, 6.07) is 1.00.